The largest absolute Gasteiger partial charge is 0.454 e. The Labute approximate surface area is 522 Å². The zero-order valence-corrected chi connectivity index (χ0v) is 55.2. The molecule has 1 fully saturated rings. The van der Waals surface area contributed by atoms with Crippen molar-refractivity contribution in [3.8, 4) is 0 Å². The lowest BCUT2D eigenvalue weighted by atomic mass is 9.99. The minimum atomic E-state index is -1.62. The Morgan fingerprint density at radius 3 is 1.22 bits per heavy atom. The predicted molar refractivity (Wildman–Crippen MR) is 356 cm³/mol. The highest BCUT2D eigenvalue weighted by Crippen LogP contribution is 2.26. The summed E-state index contributed by atoms with van der Waals surface area (Å²) in [5.41, 5.74) is 0. The van der Waals surface area contributed by atoms with Crippen LogP contribution in [0.5, 0.6) is 0 Å². The number of aliphatic hydroxyl groups is 5. The molecule has 1 aliphatic rings. The number of aliphatic hydroxyl groups excluding tert-OH is 5. The second kappa shape index (κ2) is 61.6. The summed E-state index contributed by atoms with van der Waals surface area (Å²) in [6, 6.07) is -1.03. The van der Waals surface area contributed by atoms with Crippen molar-refractivity contribution in [2.24, 2.45) is 0 Å². The number of allylic oxidation sites excluding steroid dienone is 9. The minimum absolute atomic E-state index is 0.115. The van der Waals surface area contributed by atoms with E-state index in [0.717, 1.165) is 83.5 Å². The van der Waals surface area contributed by atoms with Gasteiger partial charge in [0.1, 0.15) is 24.4 Å². The van der Waals surface area contributed by atoms with Crippen LogP contribution in [-0.4, -0.2) is 99.6 Å². The molecule has 8 unspecified atom stereocenters. The molecule has 0 radical (unpaired) electrons. The van der Waals surface area contributed by atoms with Crippen LogP contribution in [-0.2, 0) is 23.8 Å². The van der Waals surface area contributed by atoms with Gasteiger partial charge in [-0.3, -0.25) is 9.59 Å². The molecule has 1 saturated heterocycles. The molecule has 0 aromatic heterocycles. The van der Waals surface area contributed by atoms with E-state index in [-0.39, 0.29) is 13.0 Å². The van der Waals surface area contributed by atoms with E-state index in [2.05, 4.69) is 74.7 Å². The van der Waals surface area contributed by atoms with Gasteiger partial charge in [-0.05, 0) is 89.9 Å². The Hall–Kier alpha value is -2.64. The van der Waals surface area contributed by atoms with Crippen LogP contribution in [0.25, 0.3) is 0 Å². The summed E-state index contributed by atoms with van der Waals surface area (Å²) in [7, 11) is 0. The maximum absolute atomic E-state index is 13.5. The summed E-state index contributed by atoms with van der Waals surface area (Å²) >= 11 is 0. The number of carbonyl (C=O) groups excluding carboxylic acids is 2. The van der Waals surface area contributed by atoms with Gasteiger partial charge in [0.05, 0.1) is 25.4 Å². The molecule has 0 aromatic carbocycles. The molecule has 1 heterocycles. The van der Waals surface area contributed by atoms with Crippen LogP contribution in [0.4, 0.5) is 0 Å². The van der Waals surface area contributed by atoms with Crippen LogP contribution in [0.15, 0.2) is 60.8 Å². The molecule has 11 heteroatoms. The van der Waals surface area contributed by atoms with Crippen molar-refractivity contribution >= 4 is 11.9 Å². The lowest BCUT2D eigenvalue weighted by molar-refractivity contribution is -0.305. The van der Waals surface area contributed by atoms with Gasteiger partial charge in [-0.25, -0.2) is 0 Å². The summed E-state index contributed by atoms with van der Waals surface area (Å²) in [6.07, 6.45) is 68.3. The van der Waals surface area contributed by atoms with Crippen molar-refractivity contribution < 1.29 is 49.3 Å². The second-order valence-electron chi connectivity index (χ2n) is 25.0. The zero-order chi connectivity index (χ0) is 61.7. The molecule has 0 aromatic rings. The first-order chi connectivity index (χ1) is 41.7. The van der Waals surface area contributed by atoms with Crippen molar-refractivity contribution in [3.05, 3.63) is 60.8 Å². The van der Waals surface area contributed by atoms with Gasteiger partial charge in [-0.2, -0.15) is 0 Å². The van der Waals surface area contributed by atoms with Gasteiger partial charge in [0.15, 0.2) is 12.4 Å². The number of unbranched alkanes of at least 4 members (excludes halogenated alkanes) is 40. The average Bonchev–Trinajstić information content (AvgIpc) is 3.22. The third-order valence-electron chi connectivity index (χ3n) is 16.9. The molecular weight excluding hydrogens is 1060 g/mol. The van der Waals surface area contributed by atoms with E-state index in [0.29, 0.717) is 19.3 Å². The molecule has 6 N–H and O–H groups in total. The Morgan fingerprint density at radius 1 is 0.459 bits per heavy atom. The predicted octanol–water partition coefficient (Wildman–Crippen LogP) is 18.5. The van der Waals surface area contributed by atoms with Crippen molar-refractivity contribution in [1.82, 2.24) is 5.32 Å². The van der Waals surface area contributed by atoms with Gasteiger partial charge in [0, 0.05) is 6.42 Å². The SMILES string of the molecule is CCCCC/C=C\C/C=C\CCCCCCCCCCCCCCCCCCC(O)C(=O)NC(COC1OC(CO)C(O)C(O)C1OC(=O)CCCCCCCCC/C=C\C/C=C\CCCCC)C(O)/C=C/CCCCCCCCCCCCC. The van der Waals surface area contributed by atoms with Gasteiger partial charge in [0.2, 0.25) is 5.91 Å². The maximum Gasteiger partial charge on any atom is 0.306 e. The molecular formula is C74H135NO10. The quantitative estimate of drug-likeness (QED) is 0.0195. The van der Waals surface area contributed by atoms with Gasteiger partial charge < -0.3 is 45.1 Å². The smallest absolute Gasteiger partial charge is 0.306 e. The lowest BCUT2D eigenvalue weighted by Crippen LogP contribution is -2.61. The van der Waals surface area contributed by atoms with Crippen LogP contribution in [0, 0.1) is 0 Å². The fourth-order valence-electron chi connectivity index (χ4n) is 11.2. The Balaban J connectivity index is 2.56. The molecule has 0 bridgehead atoms. The standard InChI is InChI=1S/C74H135NO10/c1-4-7-10-13-16-19-22-25-27-29-30-31-32-33-34-35-36-37-39-40-43-46-49-52-55-58-61-67(78)73(82)75-65(66(77)60-57-54-51-48-45-42-24-21-18-15-12-9-6-3)64-83-74-72(71(81)70(80)68(63-76)84-74)85-69(79)62-59-56-53-50-47-44-41-38-28-26-23-20-17-14-11-8-5-2/h16-17,19-20,25-28,57,60,65-68,70-72,74,76-78,80-81H,4-15,18,21-24,29-56,58-59,61-64H2,1-3H3,(H,75,82)/b19-16-,20-17-,27-25-,28-26-,60-57+. The van der Waals surface area contributed by atoms with Crippen molar-refractivity contribution in [2.45, 2.75) is 384 Å². The molecule has 1 aliphatic heterocycles. The number of hydrogen-bond donors (Lipinski definition) is 6. The topological polar surface area (TPSA) is 175 Å². The Kier molecular flexibility index (Phi) is 58.2. The van der Waals surface area contributed by atoms with E-state index in [1.54, 1.807) is 6.08 Å². The first-order valence-corrected chi connectivity index (χ1v) is 36.1. The highest BCUT2D eigenvalue weighted by atomic mass is 16.7. The van der Waals surface area contributed by atoms with E-state index in [1.807, 2.05) is 6.08 Å². The lowest BCUT2D eigenvalue weighted by Gasteiger charge is -2.41. The van der Waals surface area contributed by atoms with Crippen molar-refractivity contribution in [3.63, 3.8) is 0 Å². The van der Waals surface area contributed by atoms with Crippen LogP contribution in [0.3, 0.4) is 0 Å². The van der Waals surface area contributed by atoms with Crippen LogP contribution in [0.2, 0.25) is 0 Å². The van der Waals surface area contributed by atoms with Gasteiger partial charge >= 0.3 is 5.97 Å². The molecule has 496 valence electrons. The van der Waals surface area contributed by atoms with E-state index < -0.39 is 67.4 Å². The highest BCUT2D eigenvalue weighted by Gasteiger charge is 2.47. The van der Waals surface area contributed by atoms with Crippen molar-refractivity contribution in [2.75, 3.05) is 13.2 Å². The first kappa shape index (κ1) is 80.4. The van der Waals surface area contributed by atoms with Crippen LogP contribution in [0.1, 0.15) is 335 Å². The van der Waals surface area contributed by atoms with E-state index in [4.69, 9.17) is 14.2 Å². The van der Waals surface area contributed by atoms with Gasteiger partial charge in [0.25, 0.3) is 0 Å². The number of amides is 1. The summed E-state index contributed by atoms with van der Waals surface area (Å²) < 4.78 is 17.7. The zero-order valence-electron chi connectivity index (χ0n) is 55.2. The van der Waals surface area contributed by atoms with Crippen LogP contribution >= 0.6 is 0 Å². The highest BCUT2D eigenvalue weighted by molar-refractivity contribution is 5.80. The first-order valence-electron chi connectivity index (χ1n) is 36.1. The van der Waals surface area contributed by atoms with E-state index >= 15 is 0 Å². The number of esters is 1. The number of ether oxygens (including phenoxy) is 3. The molecule has 1 amide bonds. The molecule has 11 nitrogen and oxygen atoms in total. The summed E-state index contributed by atoms with van der Waals surface area (Å²) in [4.78, 5) is 26.7. The Bertz CT molecular complexity index is 1620. The molecule has 0 saturated carbocycles. The monoisotopic (exact) mass is 1200 g/mol. The minimum Gasteiger partial charge on any atom is -0.454 e. The maximum atomic E-state index is 13.5. The van der Waals surface area contributed by atoms with Crippen molar-refractivity contribution in [1.29, 1.82) is 0 Å². The normalized spacial score (nSPS) is 18.7. The average molecular weight is 1200 g/mol. The molecule has 85 heavy (non-hydrogen) atoms. The fraction of sp³-hybridized carbons (Fsp3) is 0.838. The number of rotatable bonds is 62. The summed E-state index contributed by atoms with van der Waals surface area (Å²) in [6.45, 7) is 5.78. The van der Waals surface area contributed by atoms with Gasteiger partial charge in [-0.15, -0.1) is 0 Å². The second-order valence-corrected chi connectivity index (χ2v) is 25.0. The Morgan fingerprint density at radius 2 is 0.812 bits per heavy atom. The van der Waals surface area contributed by atoms with E-state index in [1.165, 1.54) is 205 Å². The molecule has 0 spiro atoms. The van der Waals surface area contributed by atoms with Crippen LogP contribution < -0.4 is 5.32 Å². The third kappa shape index (κ3) is 48.9. The molecule has 8 atom stereocenters. The third-order valence-corrected chi connectivity index (χ3v) is 16.9. The van der Waals surface area contributed by atoms with E-state index in [9.17, 15) is 35.1 Å². The molecule has 0 aliphatic carbocycles. The number of carbonyl (C=O) groups is 2. The summed E-state index contributed by atoms with van der Waals surface area (Å²) in [5, 5.41) is 57.3. The fourth-order valence-corrected chi connectivity index (χ4v) is 11.2. The number of hydrogen-bond acceptors (Lipinski definition) is 10. The summed E-state index contributed by atoms with van der Waals surface area (Å²) in [5.74, 6) is -1.19. The molecule has 1 rings (SSSR count). The number of nitrogens with one attached hydrogen (secondary N) is 1. The van der Waals surface area contributed by atoms with Gasteiger partial charge in [-0.1, -0.05) is 300 Å².